The number of halogens is 2. The summed E-state index contributed by atoms with van der Waals surface area (Å²) in [5.41, 5.74) is 1.72. The molecule has 2 atom stereocenters. The van der Waals surface area contributed by atoms with Crippen molar-refractivity contribution in [3.05, 3.63) is 33.3 Å². The minimum Gasteiger partial charge on any atom is -0.492 e. The molecule has 1 aromatic heterocycles. The second-order valence-corrected chi connectivity index (χ2v) is 7.71. The van der Waals surface area contributed by atoms with E-state index < -0.39 is 5.76 Å². The molecule has 2 saturated heterocycles. The minimum atomic E-state index is -0.397. The molecule has 1 aromatic carbocycles. The summed E-state index contributed by atoms with van der Waals surface area (Å²) in [4.78, 5) is 12.4. The lowest BCUT2D eigenvalue weighted by Gasteiger charge is -2.28. The molecule has 2 aromatic rings. The Morgan fingerprint density at radius 2 is 2.00 bits per heavy atom. The van der Waals surface area contributed by atoms with Crippen molar-refractivity contribution in [2.45, 2.75) is 56.7 Å². The largest absolute Gasteiger partial charge is 0.492 e. The van der Waals surface area contributed by atoms with Crippen LogP contribution in [0.4, 0.5) is 0 Å². The summed E-state index contributed by atoms with van der Waals surface area (Å²) in [6.07, 6.45) is 6.07. The Kier molecular flexibility index (Phi) is 4.75. The van der Waals surface area contributed by atoms with Gasteiger partial charge in [-0.2, -0.15) is 4.68 Å². The highest BCUT2D eigenvalue weighted by molar-refractivity contribution is 6.31. The molecule has 2 bridgehead atoms. The van der Waals surface area contributed by atoms with Gasteiger partial charge in [-0.15, -0.1) is 17.5 Å². The third-order valence-electron chi connectivity index (χ3n) is 5.56. The first-order valence-corrected chi connectivity index (χ1v) is 9.36. The number of fused-ring (bicyclic) bond motifs is 3. The predicted octanol–water partition coefficient (Wildman–Crippen LogP) is 3.36. The molecule has 2 unspecified atom stereocenters. The van der Waals surface area contributed by atoms with Crippen molar-refractivity contribution in [2.24, 2.45) is 0 Å². The molecule has 5 rings (SSSR count). The van der Waals surface area contributed by atoms with E-state index in [-0.39, 0.29) is 18.4 Å². The summed E-state index contributed by atoms with van der Waals surface area (Å²) >= 11 is 6.26. The molecule has 0 amide bonds. The van der Waals surface area contributed by atoms with Crippen LogP contribution in [0.2, 0.25) is 5.02 Å². The van der Waals surface area contributed by atoms with Gasteiger partial charge in [-0.3, -0.25) is 0 Å². The number of hydrogen-bond donors (Lipinski definition) is 1. The zero-order valence-electron chi connectivity index (χ0n) is 14.2. The number of hydrogen-bond acceptors (Lipinski definition) is 5. The topological polar surface area (TPSA) is 69.3 Å². The van der Waals surface area contributed by atoms with Crippen LogP contribution in [0.5, 0.6) is 5.75 Å². The van der Waals surface area contributed by atoms with Crippen molar-refractivity contribution in [1.29, 1.82) is 0 Å². The van der Waals surface area contributed by atoms with Crippen molar-refractivity contribution < 1.29 is 9.15 Å². The third-order valence-corrected chi connectivity index (χ3v) is 5.78. The molecule has 3 aliphatic heterocycles. The third kappa shape index (κ3) is 3.04. The number of piperidine rings is 1. The van der Waals surface area contributed by atoms with Crippen molar-refractivity contribution in [1.82, 2.24) is 15.1 Å². The van der Waals surface area contributed by atoms with Gasteiger partial charge in [0.1, 0.15) is 5.75 Å². The highest BCUT2D eigenvalue weighted by Crippen LogP contribution is 2.38. The normalized spacial score (nSPS) is 26.7. The number of benzene rings is 1. The summed E-state index contributed by atoms with van der Waals surface area (Å²) in [6, 6.07) is 4.75. The first kappa shape index (κ1) is 17.9. The Hall–Kier alpha value is -1.50. The monoisotopic (exact) mass is 397 g/mol. The van der Waals surface area contributed by atoms with E-state index in [0.717, 1.165) is 37.0 Å². The molecular formula is C18H21Cl2N3O3. The maximum Gasteiger partial charge on any atom is 0.437 e. The molecule has 6 nitrogen and oxygen atoms in total. The quantitative estimate of drug-likeness (QED) is 0.840. The second-order valence-electron chi connectivity index (χ2n) is 7.27. The van der Waals surface area contributed by atoms with E-state index in [0.29, 0.717) is 35.2 Å². The van der Waals surface area contributed by atoms with Crippen molar-refractivity contribution in [3.63, 3.8) is 0 Å². The van der Waals surface area contributed by atoms with Crippen LogP contribution in [-0.4, -0.2) is 28.5 Å². The summed E-state index contributed by atoms with van der Waals surface area (Å²) in [5, 5.41) is 8.71. The molecular weight excluding hydrogens is 377 g/mol. The van der Waals surface area contributed by atoms with Crippen LogP contribution in [0, 0.1) is 0 Å². The molecule has 26 heavy (non-hydrogen) atoms. The number of nitrogens with zero attached hydrogens (tertiary/aromatic N) is 2. The van der Waals surface area contributed by atoms with Crippen LogP contribution in [0.1, 0.15) is 43.7 Å². The summed E-state index contributed by atoms with van der Waals surface area (Å²) in [7, 11) is 0. The fourth-order valence-corrected chi connectivity index (χ4v) is 4.70. The van der Waals surface area contributed by atoms with Crippen LogP contribution in [-0.2, 0) is 6.42 Å². The van der Waals surface area contributed by atoms with Crippen LogP contribution >= 0.6 is 24.0 Å². The Morgan fingerprint density at radius 3 is 2.77 bits per heavy atom. The van der Waals surface area contributed by atoms with E-state index in [1.807, 2.05) is 6.07 Å². The van der Waals surface area contributed by atoms with Gasteiger partial charge in [0.25, 0.3) is 5.89 Å². The average Bonchev–Trinajstić information content (AvgIpc) is 3.16. The van der Waals surface area contributed by atoms with Gasteiger partial charge in [0.15, 0.2) is 0 Å². The molecule has 3 aliphatic rings. The van der Waals surface area contributed by atoms with E-state index in [9.17, 15) is 4.79 Å². The lowest BCUT2D eigenvalue weighted by atomic mass is 10.0. The van der Waals surface area contributed by atoms with Crippen LogP contribution in [0.15, 0.2) is 21.3 Å². The van der Waals surface area contributed by atoms with Gasteiger partial charge in [-0.1, -0.05) is 11.6 Å². The van der Waals surface area contributed by atoms with Gasteiger partial charge in [0.05, 0.1) is 18.2 Å². The molecule has 2 fully saturated rings. The SMILES string of the molecule is Cl.O=c1oc(-c2cc(Cl)cc3c2OCCC3)nn1C1CC2CCC(C1)N2. The van der Waals surface area contributed by atoms with Gasteiger partial charge in [-0.05, 0) is 56.2 Å². The second kappa shape index (κ2) is 6.91. The van der Waals surface area contributed by atoms with Crippen LogP contribution in [0.25, 0.3) is 11.5 Å². The van der Waals surface area contributed by atoms with Crippen molar-refractivity contribution >= 4 is 24.0 Å². The van der Waals surface area contributed by atoms with Crippen molar-refractivity contribution in [2.75, 3.05) is 6.61 Å². The maximum absolute atomic E-state index is 12.4. The van der Waals surface area contributed by atoms with E-state index in [4.69, 9.17) is 20.8 Å². The number of nitrogens with one attached hydrogen (secondary N) is 1. The lowest BCUT2D eigenvalue weighted by Crippen LogP contribution is -2.41. The molecule has 0 saturated carbocycles. The van der Waals surface area contributed by atoms with E-state index in [1.165, 1.54) is 17.5 Å². The number of aryl methyl sites for hydroxylation is 1. The predicted molar refractivity (Wildman–Crippen MR) is 100 cm³/mol. The molecule has 0 radical (unpaired) electrons. The van der Waals surface area contributed by atoms with Gasteiger partial charge in [-0.25, -0.2) is 4.79 Å². The van der Waals surface area contributed by atoms with E-state index in [1.54, 1.807) is 6.07 Å². The molecule has 8 heteroatoms. The molecule has 140 valence electrons. The summed E-state index contributed by atoms with van der Waals surface area (Å²) in [6.45, 7) is 0.657. The first-order chi connectivity index (χ1) is 12.2. The molecule has 0 aliphatic carbocycles. The van der Waals surface area contributed by atoms with Crippen LogP contribution < -0.4 is 15.8 Å². The summed E-state index contributed by atoms with van der Waals surface area (Å²) < 4.78 is 12.9. The Labute approximate surface area is 162 Å². The zero-order chi connectivity index (χ0) is 17.0. The van der Waals surface area contributed by atoms with Crippen molar-refractivity contribution in [3.8, 4) is 17.2 Å². The van der Waals surface area contributed by atoms with E-state index >= 15 is 0 Å². The Morgan fingerprint density at radius 1 is 1.23 bits per heavy atom. The Bertz CT molecular complexity index is 867. The molecule has 0 spiro atoms. The lowest BCUT2D eigenvalue weighted by molar-refractivity contribution is 0.269. The van der Waals surface area contributed by atoms with Crippen LogP contribution in [0.3, 0.4) is 0 Å². The number of rotatable bonds is 2. The van der Waals surface area contributed by atoms with Gasteiger partial charge >= 0.3 is 5.76 Å². The number of aromatic nitrogens is 2. The van der Waals surface area contributed by atoms with Gasteiger partial charge in [0, 0.05) is 17.1 Å². The standard InChI is InChI=1S/C18H20ClN3O3.ClH/c19-11-6-10-2-1-5-24-16(10)15(7-11)17-21-22(18(23)25-17)14-8-12-3-4-13(9-14)20-12;/h6-7,12-14,20H,1-5,8-9H2;1H. The first-order valence-electron chi connectivity index (χ1n) is 8.98. The average molecular weight is 398 g/mol. The fraction of sp³-hybridized carbons (Fsp3) is 0.556. The summed E-state index contributed by atoms with van der Waals surface area (Å²) in [5.74, 6) is 0.650. The minimum absolute atomic E-state index is 0. The Balaban J connectivity index is 0.00000168. The molecule has 4 heterocycles. The van der Waals surface area contributed by atoms with Gasteiger partial charge < -0.3 is 14.5 Å². The highest BCUT2D eigenvalue weighted by atomic mass is 35.5. The van der Waals surface area contributed by atoms with E-state index in [2.05, 4.69) is 10.4 Å². The van der Waals surface area contributed by atoms with Gasteiger partial charge in [0.2, 0.25) is 0 Å². The fourth-order valence-electron chi connectivity index (χ4n) is 4.46. The smallest absolute Gasteiger partial charge is 0.437 e. The number of ether oxygens (including phenoxy) is 1. The molecule has 1 N–H and O–H groups in total. The maximum atomic E-state index is 12.4. The zero-order valence-corrected chi connectivity index (χ0v) is 15.8. The highest BCUT2D eigenvalue weighted by Gasteiger charge is 2.36.